The van der Waals surface area contributed by atoms with Gasteiger partial charge in [-0.15, -0.1) is 0 Å². The third-order valence-electron chi connectivity index (χ3n) is 2.87. The Morgan fingerprint density at radius 3 is 2.33 bits per heavy atom. The first kappa shape index (κ1) is 18.8. The van der Waals surface area contributed by atoms with Gasteiger partial charge in [-0.3, -0.25) is 9.27 Å². The van der Waals surface area contributed by atoms with Crippen molar-refractivity contribution in [2.45, 2.75) is 10.6 Å². The molecule has 2 aromatic rings. The number of halogens is 2. The van der Waals surface area contributed by atoms with Crippen molar-refractivity contribution in [2.75, 3.05) is 10.5 Å². The lowest BCUT2D eigenvalue weighted by atomic mass is 10.2. The van der Waals surface area contributed by atoms with E-state index in [-0.39, 0.29) is 31.9 Å². The third kappa shape index (κ3) is 4.74. The topological polar surface area (TPSA) is 127 Å². The Morgan fingerprint density at radius 2 is 1.71 bits per heavy atom. The minimum absolute atomic E-state index is 0.0277. The number of rotatable bonds is 5. The molecule has 0 aliphatic carbocycles. The largest absolute Gasteiger partial charge is 0.397 e. The van der Waals surface area contributed by atoms with Gasteiger partial charge in [0, 0.05) is 5.69 Å². The molecule has 2 aromatic carbocycles. The van der Waals surface area contributed by atoms with E-state index < -0.39 is 25.9 Å². The normalized spacial score (nSPS) is 12.1. The van der Waals surface area contributed by atoms with Crippen LogP contribution in [0.3, 0.4) is 0 Å². The molecule has 24 heavy (non-hydrogen) atoms. The van der Waals surface area contributed by atoms with Crippen molar-refractivity contribution in [2.24, 2.45) is 0 Å². The molecule has 0 aliphatic rings. The standard InChI is InChI=1S/C13H12Cl2N2O5S2/c14-10-6-13(11(15)5-12(10)16)24(21,22)17-9-3-1-2-8(4-9)7-23(18,19)20/h1-6,17H,7,16H2,(H,18,19,20). The molecule has 2 rings (SSSR count). The van der Waals surface area contributed by atoms with Crippen LogP contribution in [0.25, 0.3) is 0 Å². The van der Waals surface area contributed by atoms with Crippen molar-refractivity contribution in [3.63, 3.8) is 0 Å². The third-order valence-corrected chi connectivity index (χ3v) is 5.74. The Balaban J connectivity index is 2.37. The summed E-state index contributed by atoms with van der Waals surface area (Å²) >= 11 is 11.7. The quantitative estimate of drug-likeness (QED) is 0.513. The van der Waals surface area contributed by atoms with Crippen molar-refractivity contribution >= 4 is 54.7 Å². The molecule has 0 aliphatic heterocycles. The number of nitrogens with two attached hydrogens (primary N) is 1. The van der Waals surface area contributed by atoms with Crippen LogP contribution in [-0.4, -0.2) is 21.4 Å². The van der Waals surface area contributed by atoms with Gasteiger partial charge in [0.15, 0.2) is 0 Å². The molecule has 11 heteroatoms. The molecule has 0 heterocycles. The zero-order valence-electron chi connectivity index (χ0n) is 11.9. The van der Waals surface area contributed by atoms with Crippen molar-refractivity contribution in [3.05, 3.63) is 52.0 Å². The summed E-state index contributed by atoms with van der Waals surface area (Å²) in [5.41, 5.74) is 5.99. The fraction of sp³-hybridized carbons (Fsp3) is 0.0769. The number of nitrogens with one attached hydrogen (secondary N) is 1. The van der Waals surface area contributed by atoms with Gasteiger partial charge in [0.1, 0.15) is 10.6 Å². The molecule has 0 amide bonds. The molecule has 0 spiro atoms. The van der Waals surface area contributed by atoms with Crippen LogP contribution in [0.15, 0.2) is 41.3 Å². The molecule has 0 atom stereocenters. The van der Waals surface area contributed by atoms with Crippen LogP contribution in [0, 0.1) is 0 Å². The van der Waals surface area contributed by atoms with Gasteiger partial charge in [0.2, 0.25) is 0 Å². The maximum Gasteiger partial charge on any atom is 0.269 e. The highest BCUT2D eigenvalue weighted by Gasteiger charge is 2.20. The number of hydrogen-bond acceptors (Lipinski definition) is 5. The van der Waals surface area contributed by atoms with Gasteiger partial charge in [-0.1, -0.05) is 35.3 Å². The number of benzene rings is 2. The molecule has 4 N–H and O–H groups in total. The van der Waals surface area contributed by atoms with E-state index in [0.29, 0.717) is 0 Å². The van der Waals surface area contributed by atoms with E-state index in [9.17, 15) is 16.8 Å². The summed E-state index contributed by atoms with van der Waals surface area (Å²) in [7, 11) is -8.31. The van der Waals surface area contributed by atoms with E-state index >= 15 is 0 Å². The Morgan fingerprint density at radius 1 is 1.04 bits per heavy atom. The van der Waals surface area contributed by atoms with Gasteiger partial charge < -0.3 is 5.73 Å². The van der Waals surface area contributed by atoms with E-state index in [4.69, 9.17) is 33.5 Å². The van der Waals surface area contributed by atoms with E-state index in [1.54, 1.807) is 0 Å². The second-order valence-electron chi connectivity index (χ2n) is 4.84. The zero-order chi connectivity index (χ0) is 18.1. The second kappa shape index (κ2) is 6.77. The van der Waals surface area contributed by atoms with E-state index in [2.05, 4.69) is 4.72 Å². The van der Waals surface area contributed by atoms with E-state index in [1.807, 2.05) is 0 Å². The minimum Gasteiger partial charge on any atom is -0.397 e. The Bertz CT molecular complexity index is 991. The number of nitrogen functional groups attached to an aromatic ring is 1. The molecule has 0 unspecified atom stereocenters. The van der Waals surface area contributed by atoms with Gasteiger partial charge in [-0.05, 0) is 29.8 Å². The lowest BCUT2D eigenvalue weighted by molar-refractivity contribution is 0.482. The maximum absolute atomic E-state index is 12.4. The predicted molar refractivity (Wildman–Crippen MR) is 93.4 cm³/mol. The number of hydrogen-bond donors (Lipinski definition) is 3. The average molecular weight is 411 g/mol. The van der Waals surface area contributed by atoms with Crippen LogP contribution >= 0.6 is 23.2 Å². The molecular weight excluding hydrogens is 399 g/mol. The molecule has 0 fully saturated rings. The summed E-state index contributed by atoms with van der Waals surface area (Å²) in [5.74, 6) is -0.642. The first-order chi connectivity index (χ1) is 11.0. The lowest BCUT2D eigenvalue weighted by Crippen LogP contribution is -2.14. The van der Waals surface area contributed by atoms with E-state index in [1.165, 1.54) is 30.3 Å². The zero-order valence-corrected chi connectivity index (χ0v) is 15.0. The highest BCUT2D eigenvalue weighted by molar-refractivity contribution is 7.92. The van der Waals surface area contributed by atoms with E-state index in [0.717, 1.165) is 6.07 Å². The van der Waals surface area contributed by atoms with Crippen molar-refractivity contribution in [1.82, 2.24) is 0 Å². The van der Waals surface area contributed by atoms with Crippen LogP contribution in [0.4, 0.5) is 11.4 Å². The molecule has 0 bridgehead atoms. The summed E-state index contributed by atoms with van der Waals surface area (Å²) in [6, 6.07) is 7.89. The fourth-order valence-corrected chi connectivity index (χ4v) is 4.34. The first-order valence-electron chi connectivity index (χ1n) is 6.29. The number of sulfonamides is 1. The predicted octanol–water partition coefficient (Wildman–Crippen LogP) is 2.76. The Hall–Kier alpha value is -1.52. The van der Waals surface area contributed by atoms with Crippen LogP contribution in [-0.2, 0) is 25.9 Å². The molecule has 130 valence electrons. The van der Waals surface area contributed by atoms with Crippen LogP contribution in [0.5, 0.6) is 0 Å². The summed E-state index contributed by atoms with van der Waals surface area (Å²) < 4.78 is 57.8. The van der Waals surface area contributed by atoms with Crippen molar-refractivity contribution in [3.8, 4) is 0 Å². The second-order valence-corrected chi connectivity index (χ2v) is 8.75. The summed E-state index contributed by atoms with van der Waals surface area (Å²) in [4.78, 5) is -0.274. The van der Waals surface area contributed by atoms with Gasteiger partial charge in [0.25, 0.3) is 20.1 Å². The summed E-state index contributed by atoms with van der Waals surface area (Å²) in [6.07, 6.45) is 0. The summed E-state index contributed by atoms with van der Waals surface area (Å²) in [5, 5.41) is -0.0848. The summed E-state index contributed by atoms with van der Waals surface area (Å²) in [6.45, 7) is 0. The number of anilines is 2. The Kier molecular flexibility index (Phi) is 5.31. The molecule has 0 radical (unpaired) electrons. The van der Waals surface area contributed by atoms with Crippen molar-refractivity contribution < 1.29 is 21.4 Å². The van der Waals surface area contributed by atoms with Gasteiger partial charge in [0.05, 0.1) is 15.7 Å². The molecular formula is C13H12Cl2N2O5S2. The molecule has 0 saturated carbocycles. The van der Waals surface area contributed by atoms with Crippen molar-refractivity contribution in [1.29, 1.82) is 0 Å². The average Bonchev–Trinajstić information content (AvgIpc) is 2.40. The SMILES string of the molecule is Nc1cc(Cl)c(S(=O)(=O)Nc2cccc(CS(=O)(=O)O)c2)cc1Cl. The molecule has 7 nitrogen and oxygen atoms in total. The smallest absolute Gasteiger partial charge is 0.269 e. The van der Waals surface area contributed by atoms with Gasteiger partial charge in [-0.2, -0.15) is 8.42 Å². The molecule has 0 saturated heterocycles. The van der Waals surface area contributed by atoms with Gasteiger partial charge in [-0.25, -0.2) is 8.42 Å². The monoisotopic (exact) mass is 410 g/mol. The van der Waals surface area contributed by atoms with Crippen LogP contribution < -0.4 is 10.5 Å². The van der Waals surface area contributed by atoms with Crippen LogP contribution in [0.2, 0.25) is 10.0 Å². The Labute approximate surface area is 149 Å². The maximum atomic E-state index is 12.4. The minimum atomic E-state index is -4.24. The molecule has 0 aromatic heterocycles. The fourth-order valence-electron chi connectivity index (χ4n) is 1.90. The highest BCUT2D eigenvalue weighted by Crippen LogP contribution is 2.31. The highest BCUT2D eigenvalue weighted by atomic mass is 35.5. The van der Waals surface area contributed by atoms with Crippen LogP contribution in [0.1, 0.15) is 5.56 Å². The lowest BCUT2D eigenvalue weighted by Gasteiger charge is -2.11. The van der Waals surface area contributed by atoms with Gasteiger partial charge >= 0.3 is 0 Å². The first-order valence-corrected chi connectivity index (χ1v) is 10.1.